The Kier molecular flexibility index (Phi) is 6.35. The number of carbonyl (C=O) groups is 3. The standard InChI is InChI=1S/C24H26N2O4/c1-5-11-25-16(2)13-21(17(25)3)23(28)15-30-24(29)14-22-20-9-7-6-8-19(20)10-12-26(22)18(4)27/h5-10,12-13,22H,1,11,14-15H2,2-4H3/t22-/m1/s1. The van der Waals surface area contributed by atoms with Gasteiger partial charge in [-0.3, -0.25) is 14.4 Å². The summed E-state index contributed by atoms with van der Waals surface area (Å²) in [5, 5.41) is 0. The maximum atomic E-state index is 12.6. The Bertz CT molecular complexity index is 1030. The van der Waals surface area contributed by atoms with Crippen molar-refractivity contribution < 1.29 is 19.1 Å². The highest BCUT2D eigenvalue weighted by Crippen LogP contribution is 2.33. The number of allylic oxidation sites excluding steroid dienone is 1. The lowest BCUT2D eigenvalue weighted by atomic mass is 9.94. The van der Waals surface area contributed by atoms with E-state index in [-0.39, 0.29) is 24.7 Å². The number of hydrogen-bond donors (Lipinski definition) is 0. The van der Waals surface area contributed by atoms with E-state index in [9.17, 15) is 14.4 Å². The van der Waals surface area contributed by atoms with Gasteiger partial charge >= 0.3 is 5.97 Å². The van der Waals surface area contributed by atoms with Gasteiger partial charge < -0.3 is 14.2 Å². The summed E-state index contributed by atoms with van der Waals surface area (Å²) in [7, 11) is 0. The minimum Gasteiger partial charge on any atom is -0.457 e. The molecule has 1 aromatic carbocycles. The number of fused-ring (bicyclic) bond motifs is 1. The summed E-state index contributed by atoms with van der Waals surface area (Å²) in [5.74, 6) is -0.937. The molecule has 3 rings (SSSR count). The zero-order chi connectivity index (χ0) is 21.8. The maximum absolute atomic E-state index is 12.6. The van der Waals surface area contributed by atoms with Crippen molar-refractivity contribution in [3.63, 3.8) is 0 Å². The first-order valence-electron chi connectivity index (χ1n) is 9.86. The molecule has 0 radical (unpaired) electrons. The normalized spacial score (nSPS) is 14.9. The number of benzene rings is 1. The second kappa shape index (κ2) is 8.95. The first-order valence-corrected chi connectivity index (χ1v) is 9.86. The van der Waals surface area contributed by atoms with Crippen LogP contribution in [0.25, 0.3) is 6.08 Å². The van der Waals surface area contributed by atoms with Crippen molar-refractivity contribution in [1.29, 1.82) is 0 Å². The number of carbonyl (C=O) groups excluding carboxylic acids is 3. The molecule has 0 fully saturated rings. The van der Waals surface area contributed by atoms with E-state index in [1.807, 2.05) is 48.8 Å². The van der Waals surface area contributed by atoms with Crippen LogP contribution in [0.2, 0.25) is 0 Å². The molecule has 0 aliphatic carbocycles. The Morgan fingerprint density at radius 1 is 1.20 bits per heavy atom. The molecule has 2 heterocycles. The van der Waals surface area contributed by atoms with Crippen LogP contribution in [0.15, 0.2) is 49.2 Å². The number of Topliss-reactive ketones (excluding diaryl/α,β-unsaturated/α-hetero) is 1. The SMILES string of the molecule is C=CCn1c(C)cc(C(=O)COC(=O)C[C@@H]2c3ccccc3C=CN2C(C)=O)c1C. The summed E-state index contributed by atoms with van der Waals surface area (Å²) in [6, 6.07) is 8.95. The van der Waals surface area contributed by atoms with Crippen LogP contribution in [0.4, 0.5) is 0 Å². The minimum absolute atomic E-state index is 0.0241. The molecule has 0 bridgehead atoms. The van der Waals surface area contributed by atoms with E-state index in [1.54, 1.807) is 18.3 Å². The first kappa shape index (κ1) is 21.3. The summed E-state index contributed by atoms with van der Waals surface area (Å²) < 4.78 is 7.27. The van der Waals surface area contributed by atoms with Gasteiger partial charge in [0.1, 0.15) is 0 Å². The van der Waals surface area contributed by atoms with E-state index >= 15 is 0 Å². The number of aryl methyl sites for hydroxylation is 1. The fourth-order valence-corrected chi connectivity index (χ4v) is 3.85. The molecule has 6 heteroatoms. The Morgan fingerprint density at radius 3 is 2.63 bits per heavy atom. The van der Waals surface area contributed by atoms with Crippen molar-refractivity contribution in [3.8, 4) is 0 Å². The minimum atomic E-state index is -0.524. The topological polar surface area (TPSA) is 68.6 Å². The molecule has 6 nitrogen and oxygen atoms in total. The molecule has 1 aliphatic rings. The largest absolute Gasteiger partial charge is 0.457 e. The summed E-state index contributed by atoms with van der Waals surface area (Å²) in [6.07, 6.45) is 5.28. The molecule has 0 unspecified atom stereocenters. The van der Waals surface area contributed by atoms with Gasteiger partial charge in [0.05, 0.1) is 12.5 Å². The van der Waals surface area contributed by atoms with Gasteiger partial charge in [0.2, 0.25) is 11.7 Å². The van der Waals surface area contributed by atoms with Gasteiger partial charge in [-0.05, 0) is 37.1 Å². The molecule has 1 atom stereocenters. The van der Waals surface area contributed by atoms with Crippen LogP contribution in [-0.4, -0.2) is 33.7 Å². The Morgan fingerprint density at radius 2 is 1.93 bits per heavy atom. The van der Waals surface area contributed by atoms with Crippen LogP contribution in [0.5, 0.6) is 0 Å². The van der Waals surface area contributed by atoms with E-state index in [0.717, 1.165) is 22.5 Å². The van der Waals surface area contributed by atoms with Gasteiger partial charge in [0, 0.05) is 36.6 Å². The van der Waals surface area contributed by atoms with Crippen molar-refractivity contribution in [1.82, 2.24) is 9.47 Å². The van der Waals surface area contributed by atoms with Gasteiger partial charge in [-0.1, -0.05) is 30.3 Å². The fraction of sp³-hybridized carbons (Fsp3) is 0.292. The highest BCUT2D eigenvalue weighted by molar-refractivity contribution is 5.99. The molecule has 1 aliphatic heterocycles. The first-order chi connectivity index (χ1) is 14.3. The lowest BCUT2D eigenvalue weighted by molar-refractivity contribution is -0.144. The molecule has 0 N–H and O–H groups in total. The second-order valence-corrected chi connectivity index (χ2v) is 7.36. The maximum Gasteiger partial charge on any atom is 0.308 e. The molecule has 1 amide bonds. The molecular weight excluding hydrogens is 380 g/mol. The summed E-state index contributed by atoms with van der Waals surface area (Å²) in [5.41, 5.74) is 4.15. The Labute approximate surface area is 176 Å². The number of aromatic nitrogens is 1. The van der Waals surface area contributed by atoms with E-state index < -0.39 is 12.0 Å². The quantitative estimate of drug-likeness (QED) is 0.396. The number of ketones is 1. The average molecular weight is 406 g/mol. The average Bonchev–Trinajstić information content (AvgIpc) is 3.00. The van der Waals surface area contributed by atoms with Crippen molar-refractivity contribution in [2.75, 3.05) is 6.61 Å². The van der Waals surface area contributed by atoms with Gasteiger partial charge in [-0.2, -0.15) is 0 Å². The summed E-state index contributed by atoms with van der Waals surface area (Å²) in [4.78, 5) is 38.7. The van der Waals surface area contributed by atoms with Crippen LogP contribution in [0.3, 0.4) is 0 Å². The number of hydrogen-bond acceptors (Lipinski definition) is 4. The zero-order valence-electron chi connectivity index (χ0n) is 17.6. The predicted molar refractivity (Wildman–Crippen MR) is 115 cm³/mol. The van der Waals surface area contributed by atoms with Crippen LogP contribution in [0, 0.1) is 13.8 Å². The Balaban J connectivity index is 1.69. The number of rotatable bonds is 7. The second-order valence-electron chi connectivity index (χ2n) is 7.36. The highest BCUT2D eigenvalue weighted by Gasteiger charge is 2.29. The molecular formula is C24H26N2O4. The van der Waals surface area contributed by atoms with Crippen molar-refractivity contribution in [2.45, 2.75) is 39.8 Å². The van der Waals surface area contributed by atoms with Crippen molar-refractivity contribution >= 4 is 23.7 Å². The van der Waals surface area contributed by atoms with Crippen LogP contribution >= 0.6 is 0 Å². The van der Waals surface area contributed by atoms with Gasteiger partial charge in [0.25, 0.3) is 0 Å². The third kappa shape index (κ3) is 4.27. The Hall–Kier alpha value is -3.41. The van der Waals surface area contributed by atoms with Gasteiger partial charge in [0.15, 0.2) is 6.61 Å². The number of ether oxygens (including phenoxy) is 1. The molecule has 2 aromatic rings. The zero-order valence-corrected chi connectivity index (χ0v) is 17.6. The predicted octanol–water partition coefficient (Wildman–Crippen LogP) is 3.98. The van der Waals surface area contributed by atoms with Crippen LogP contribution in [-0.2, 0) is 20.9 Å². The van der Waals surface area contributed by atoms with E-state index in [0.29, 0.717) is 12.1 Å². The molecule has 0 saturated heterocycles. The summed E-state index contributed by atoms with van der Waals surface area (Å²) >= 11 is 0. The van der Waals surface area contributed by atoms with Crippen molar-refractivity contribution in [2.24, 2.45) is 0 Å². The lowest BCUT2D eigenvalue weighted by Gasteiger charge is -2.32. The molecule has 0 spiro atoms. The van der Waals surface area contributed by atoms with E-state index in [4.69, 9.17) is 4.74 Å². The third-order valence-corrected chi connectivity index (χ3v) is 5.38. The monoisotopic (exact) mass is 406 g/mol. The van der Waals surface area contributed by atoms with Gasteiger partial charge in [-0.15, -0.1) is 6.58 Å². The number of esters is 1. The molecule has 156 valence electrons. The smallest absolute Gasteiger partial charge is 0.308 e. The van der Waals surface area contributed by atoms with E-state index in [1.165, 1.54) is 11.8 Å². The summed E-state index contributed by atoms with van der Waals surface area (Å²) in [6.45, 7) is 9.25. The number of amides is 1. The van der Waals surface area contributed by atoms with Gasteiger partial charge in [-0.25, -0.2) is 0 Å². The van der Waals surface area contributed by atoms with Crippen molar-refractivity contribution in [3.05, 3.63) is 77.3 Å². The molecule has 1 aromatic heterocycles. The molecule has 0 saturated carbocycles. The van der Waals surface area contributed by atoms with Crippen LogP contribution in [0.1, 0.15) is 52.3 Å². The fourth-order valence-electron chi connectivity index (χ4n) is 3.85. The molecule has 30 heavy (non-hydrogen) atoms. The third-order valence-electron chi connectivity index (χ3n) is 5.38. The number of nitrogens with zero attached hydrogens (tertiary/aromatic N) is 2. The lowest BCUT2D eigenvalue weighted by Crippen LogP contribution is -2.32. The van der Waals surface area contributed by atoms with Crippen LogP contribution < -0.4 is 0 Å². The van der Waals surface area contributed by atoms with E-state index in [2.05, 4.69) is 6.58 Å². The highest BCUT2D eigenvalue weighted by atomic mass is 16.5.